The van der Waals surface area contributed by atoms with E-state index in [1.165, 1.54) is 24.8 Å². The van der Waals surface area contributed by atoms with Gasteiger partial charge in [0.2, 0.25) is 0 Å². The van der Waals surface area contributed by atoms with Crippen molar-refractivity contribution in [2.75, 3.05) is 0 Å². The molecule has 0 aromatic heterocycles. The normalized spacial score (nSPS) is 16.8. The first-order chi connectivity index (χ1) is 9.66. The highest BCUT2D eigenvalue weighted by Crippen LogP contribution is 2.37. The molecule has 0 spiro atoms. The van der Waals surface area contributed by atoms with Gasteiger partial charge in [0, 0.05) is 5.56 Å². The molecule has 1 aliphatic rings. The maximum absolute atomic E-state index is 14.1. The summed E-state index contributed by atoms with van der Waals surface area (Å²) in [6, 6.07) is 12.9. The van der Waals surface area contributed by atoms with E-state index in [1.807, 2.05) is 18.2 Å². The molecule has 0 aliphatic heterocycles. The maximum atomic E-state index is 14.1. The van der Waals surface area contributed by atoms with Crippen LogP contribution in [0.4, 0.5) is 4.39 Å². The highest BCUT2D eigenvalue weighted by Gasteiger charge is 2.22. The smallest absolute Gasteiger partial charge is 0.143 e. The third-order valence-corrected chi connectivity index (χ3v) is 4.69. The first-order valence-electron chi connectivity index (χ1n) is 6.88. The fraction of sp³-hybridized carbons (Fsp3) is 0.294. The van der Waals surface area contributed by atoms with E-state index < -0.39 is 11.9 Å². The van der Waals surface area contributed by atoms with E-state index in [2.05, 4.69) is 22.0 Å². The van der Waals surface area contributed by atoms with Crippen LogP contribution in [0, 0.1) is 5.82 Å². The van der Waals surface area contributed by atoms with E-state index in [0.717, 1.165) is 5.56 Å². The Kier molecular flexibility index (Phi) is 3.90. The molecular formula is C17H16BrFO. The van der Waals surface area contributed by atoms with E-state index in [0.29, 0.717) is 16.0 Å². The second kappa shape index (κ2) is 5.66. The van der Waals surface area contributed by atoms with E-state index in [-0.39, 0.29) is 0 Å². The first-order valence-corrected chi connectivity index (χ1v) is 7.68. The molecule has 2 aromatic carbocycles. The fourth-order valence-electron chi connectivity index (χ4n) is 2.64. The molecule has 0 amide bonds. The lowest BCUT2D eigenvalue weighted by Crippen LogP contribution is -2.10. The predicted molar refractivity (Wildman–Crippen MR) is 81.2 cm³/mol. The van der Waals surface area contributed by atoms with Gasteiger partial charge < -0.3 is 5.11 Å². The molecule has 3 heteroatoms. The van der Waals surface area contributed by atoms with Gasteiger partial charge in [-0.1, -0.05) is 42.8 Å². The van der Waals surface area contributed by atoms with Gasteiger partial charge in [-0.3, -0.25) is 0 Å². The Labute approximate surface area is 126 Å². The summed E-state index contributed by atoms with van der Waals surface area (Å²) in [7, 11) is 0. The lowest BCUT2D eigenvalue weighted by Gasteiger charge is -2.26. The topological polar surface area (TPSA) is 20.2 Å². The molecule has 0 saturated heterocycles. The number of hydrogen-bond donors (Lipinski definition) is 1. The SMILES string of the molecule is OC(c1cccc(C2CCC2)c1)c1cccc(Br)c1F. The number of aliphatic hydroxyl groups excluding tert-OH is 1. The van der Waals surface area contributed by atoms with Gasteiger partial charge in [0.25, 0.3) is 0 Å². The minimum atomic E-state index is -0.924. The summed E-state index contributed by atoms with van der Waals surface area (Å²) in [4.78, 5) is 0. The molecule has 1 atom stereocenters. The first kappa shape index (κ1) is 13.8. The van der Waals surface area contributed by atoms with Crippen molar-refractivity contribution in [3.8, 4) is 0 Å². The standard InChI is InChI=1S/C17H16BrFO/c18-15-9-3-8-14(16(15)19)17(20)13-7-2-6-12(10-13)11-4-1-5-11/h2-3,6-11,17,20H,1,4-5H2. The van der Waals surface area contributed by atoms with Gasteiger partial charge in [-0.05, 0) is 51.9 Å². The van der Waals surface area contributed by atoms with Gasteiger partial charge in [0.05, 0.1) is 4.47 Å². The Hall–Kier alpha value is -1.19. The van der Waals surface area contributed by atoms with Gasteiger partial charge in [-0.2, -0.15) is 0 Å². The van der Waals surface area contributed by atoms with Crippen LogP contribution in [0.3, 0.4) is 0 Å². The van der Waals surface area contributed by atoms with Crippen molar-refractivity contribution in [3.05, 3.63) is 69.4 Å². The molecule has 1 fully saturated rings. The summed E-state index contributed by atoms with van der Waals surface area (Å²) < 4.78 is 14.4. The molecule has 0 heterocycles. The highest BCUT2D eigenvalue weighted by molar-refractivity contribution is 9.10. The number of benzene rings is 2. The Morgan fingerprint density at radius 1 is 1.15 bits per heavy atom. The summed E-state index contributed by atoms with van der Waals surface area (Å²) >= 11 is 3.16. The van der Waals surface area contributed by atoms with Crippen molar-refractivity contribution >= 4 is 15.9 Å². The Morgan fingerprint density at radius 2 is 1.90 bits per heavy atom. The van der Waals surface area contributed by atoms with Crippen LogP contribution in [0.5, 0.6) is 0 Å². The second-order valence-electron chi connectivity index (χ2n) is 5.34. The largest absolute Gasteiger partial charge is 0.384 e. The van der Waals surface area contributed by atoms with E-state index in [9.17, 15) is 9.50 Å². The van der Waals surface area contributed by atoms with Crippen LogP contribution in [-0.2, 0) is 0 Å². The minimum Gasteiger partial charge on any atom is -0.384 e. The van der Waals surface area contributed by atoms with E-state index >= 15 is 0 Å². The van der Waals surface area contributed by atoms with E-state index in [1.54, 1.807) is 18.2 Å². The Morgan fingerprint density at radius 3 is 2.60 bits per heavy atom. The molecule has 1 nitrogen and oxygen atoms in total. The van der Waals surface area contributed by atoms with Crippen molar-refractivity contribution in [3.63, 3.8) is 0 Å². The lowest BCUT2D eigenvalue weighted by molar-refractivity contribution is 0.214. The molecule has 1 N–H and O–H groups in total. The quantitative estimate of drug-likeness (QED) is 0.843. The van der Waals surface area contributed by atoms with Crippen LogP contribution < -0.4 is 0 Å². The molecule has 20 heavy (non-hydrogen) atoms. The molecule has 1 saturated carbocycles. The van der Waals surface area contributed by atoms with Gasteiger partial charge in [0.15, 0.2) is 0 Å². The molecule has 1 unspecified atom stereocenters. The summed E-state index contributed by atoms with van der Waals surface area (Å²) in [5.74, 6) is 0.212. The number of rotatable bonds is 3. The Balaban J connectivity index is 1.93. The third kappa shape index (κ3) is 2.52. The Bertz CT molecular complexity index is 622. The van der Waals surface area contributed by atoms with Crippen LogP contribution in [0.1, 0.15) is 48.0 Å². The zero-order valence-electron chi connectivity index (χ0n) is 11.0. The number of halogens is 2. The van der Waals surface area contributed by atoms with Crippen molar-refractivity contribution in [2.45, 2.75) is 31.3 Å². The number of hydrogen-bond acceptors (Lipinski definition) is 1. The van der Waals surface area contributed by atoms with Crippen molar-refractivity contribution < 1.29 is 9.50 Å². The van der Waals surface area contributed by atoms with Crippen LogP contribution in [0.15, 0.2) is 46.9 Å². The van der Waals surface area contributed by atoms with Crippen LogP contribution in [0.2, 0.25) is 0 Å². The second-order valence-corrected chi connectivity index (χ2v) is 6.20. The summed E-state index contributed by atoms with van der Waals surface area (Å²) in [6.07, 6.45) is 2.78. The van der Waals surface area contributed by atoms with Crippen LogP contribution >= 0.6 is 15.9 Å². The van der Waals surface area contributed by atoms with Gasteiger partial charge in [-0.25, -0.2) is 4.39 Å². The van der Waals surface area contributed by atoms with Crippen molar-refractivity contribution in [1.29, 1.82) is 0 Å². The molecule has 104 valence electrons. The average molecular weight is 335 g/mol. The van der Waals surface area contributed by atoms with Crippen LogP contribution in [-0.4, -0.2) is 5.11 Å². The summed E-state index contributed by atoms with van der Waals surface area (Å²) in [5.41, 5.74) is 2.32. The summed E-state index contributed by atoms with van der Waals surface area (Å²) in [5, 5.41) is 10.4. The van der Waals surface area contributed by atoms with Crippen molar-refractivity contribution in [1.82, 2.24) is 0 Å². The molecule has 2 aromatic rings. The van der Waals surface area contributed by atoms with Gasteiger partial charge in [-0.15, -0.1) is 0 Å². The highest BCUT2D eigenvalue weighted by atomic mass is 79.9. The van der Waals surface area contributed by atoms with Crippen LogP contribution in [0.25, 0.3) is 0 Å². The zero-order chi connectivity index (χ0) is 14.1. The number of aliphatic hydroxyl groups is 1. The van der Waals surface area contributed by atoms with Crippen molar-refractivity contribution in [2.24, 2.45) is 0 Å². The van der Waals surface area contributed by atoms with Gasteiger partial charge >= 0.3 is 0 Å². The monoisotopic (exact) mass is 334 g/mol. The molecule has 0 bridgehead atoms. The molecule has 3 rings (SSSR count). The summed E-state index contributed by atoms with van der Waals surface area (Å²) in [6.45, 7) is 0. The lowest BCUT2D eigenvalue weighted by atomic mass is 9.79. The zero-order valence-corrected chi connectivity index (χ0v) is 12.6. The molecule has 0 radical (unpaired) electrons. The van der Waals surface area contributed by atoms with E-state index in [4.69, 9.17) is 0 Å². The van der Waals surface area contributed by atoms with Gasteiger partial charge in [0.1, 0.15) is 11.9 Å². The average Bonchev–Trinajstić information content (AvgIpc) is 2.40. The molecular weight excluding hydrogens is 319 g/mol. The minimum absolute atomic E-state index is 0.310. The molecule has 1 aliphatic carbocycles. The fourth-order valence-corrected chi connectivity index (χ4v) is 3.02. The maximum Gasteiger partial charge on any atom is 0.143 e. The predicted octanol–water partition coefficient (Wildman–Crippen LogP) is 4.94. The third-order valence-electron chi connectivity index (χ3n) is 4.08.